The van der Waals surface area contributed by atoms with Gasteiger partial charge in [-0.2, -0.15) is 0 Å². The summed E-state index contributed by atoms with van der Waals surface area (Å²) in [5, 5.41) is -1.02. The van der Waals surface area contributed by atoms with Crippen molar-refractivity contribution < 1.29 is 17.9 Å². The molecule has 0 unspecified atom stereocenters. The van der Waals surface area contributed by atoms with Gasteiger partial charge in [-0.25, -0.2) is 8.42 Å². The average molecular weight is 310 g/mol. The summed E-state index contributed by atoms with van der Waals surface area (Å²) in [5.74, 6) is -0.812. The minimum absolute atomic E-state index is 0.211. The Hall–Kier alpha value is -1.20. The van der Waals surface area contributed by atoms with E-state index in [0.29, 0.717) is 13.0 Å². The second kappa shape index (κ2) is 6.28. The number of Topliss-reactive ketones (excluding diaryl/α,β-unsaturated/α-hetero) is 1. The molecule has 1 aromatic rings. The van der Waals surface area contributed by atoms with Crippen LogP contribution in [-0.2, 0) is 19.4 Å². The summed E-state index contributed by atoms with van der Waals surface area (Å²) in [7, 11) is -3.69. The van der Waals surface area contributed by atoms with Gasteiger partial charge in [0.1, 0.15) is 5.25 Å². The number of hydrogen-bond acceptors (Lipinski definition) is 4. The molecule has 0 bridgehead atoms. The van der Waals surface area contributed by atoms with Gasteiger partial charge in [0.25, 0.3) is 0 Å². The summed E-state index contributed by atoms with van der Waals surface area (Å²) in [6, 6.07) is 8.23. The van der Waals surface area contributed by atoms with Gasteiger partial charge in [0.05, 0.1) is 11.0 Å². The van der Waals surface area contributed by atoms with Crippen LogP contribution in [0.1, 0.15) is 27.2 Å². The minimum Gasteiger partial charge on any atom is -0.378 e. The van der Waals surface area contributed by atoms with Gasteiger partial charge in [0, 0.05) is 18.4 Å². The van der Waals surface area contributed by atoms with Crippen LogP contribution in [0.15, 0.2) is 35.2 Å². The molecule has 3 atom stereocenters. The van der Waals surface area contributed by atoms with Gasteiger partial charge in [0.15, 0.2) is 15.6 Å². The topological polar surface area (TPSA) is 60.4 Å². The monoisotopic (exact) mass is 310 g/mol. The molecule has 5 heteroatoms. The van der Waals surface area contributed by atoms with Crippen LogP contribution >= 0.6 is 0 Å². The Morgan fingerprint density at radius 1 is 1.24 bits per heavy atom. The maximum Gasteiger partial charge on any atom is 0.188 e. The van der Waals surface area contributed by atoms with E-state index < -0.39 is 15.1 Å². The van der Waals surface area contributed by atoms with Crippen molar-refractivity contribution in [1.82, 2.24) is 0 Å². The number of carbonyl (C=O) groups is 1. The first-order valence-electron chi connectivity index (χ1n) is 7.30. The first-order valence-corrected chi connectivity index (χ1v) is 8.84. The van der Waals surface area contributed by atoms with E-state index in [1.807, 2.05) is 6.92 Å². The van der Waals surface area contributed by atoms with Crippen molar-refractivity contribution in [3.63, 3.8) is 0 Å². The third kappa shape index (κ3) is 3.19. The van der Waals surface area contributed by atoms with Crippen molar-refractivity contribution in [1.29, 1.82) is 0 Å². The molecule has 1 aliphatic heterocycles. The molecule has 0 aromatic heterocycles. The first-order chi connectivity index (χ1) is 9.85. The molecule has 0 N–H and O–H groups in total. The number of rotatable bonds is 5. The third-order valence-corrected chi connectivity index (χ3v) is 6.26. The molecule has 0 saturated carbocycles. The van der Waals surface area contributed by atoms with Crippen molar-refractivity contribution in [2.24, 2.45) is 11.8 Å². The number of ketones is 1. The molecule has 1 aromatic carbocycles. The lowest BCUT2D eigenvalue weighted by atomic mass is 9.91. The Balaban J connectivity index is 2.47. The number of benzene rings is 1. The molecule has 0 amide bonds. The Kier molecular flexibility index (Phi) is 4.84. The highest BCUT2D eigenvalue weighted by Gasteiger charge is 2.45. The maximum atomic E-state index is 12.9. The average Bonchev–Trinajstić information content (AvgIpc) is 2.86. The van der Waals surface area contributed by atoms with Crippen molar-refractivity contribution in [2.75, 3.05) is 6.61 Å². The predicted molar refractivity (Wildman–Crippen MR) is 80.8 cm³/mol. The molecule has 1 heterocycles. The Morgan fingerprint density at radius 3 is 2.33 bits per heavy atom. The van der Waals surface area contributed by atoms with E-state index in [1.165, 1.54) is 0 Å². The highest BCUT2D eigenvalue weighted by molar-refractivity contribution is 7.92. The standard InChI is InChI=1S/C16H22O4S/c1-11(2)15(17)16(14-9-10-20-12(14)3)21(18,19)13-7-5-4-6-8-13/h4-8,11-12,14,16H,9-10H2,1-3H3/t12-,14+,16+/m0/s1. The van der Waals surface area contributed by atoms with E-state index in [-0.39, 0.29) is 28.6 Å². The lowest BCUT2D eigenvalue weighted by molar-refractivity contribution is -0.122. The fourth-order valence-electron chi connectivity index (χ4n) is 2.83. The van der Waals surface area contributed by atoms with Gasteiger partial charge in [-0.15, -0.1) is 0 Å². The fraction of sp³-hybridized carbons (Fsp3) is 0.562. The zero-order valence-electron chi connectivity index (χ0n) is 12.7. The summed E-state index contributed by atoms with van der Waals surface area (Å²) in [5.41, 5.74) is 0. The zero-order valence-corrected chi connectivity index (χ0v) is 13.5. The highest BCUT2D eigenvalue weighted by Crippen LogP contribution is 2.33. The molecule has 4 nitrogen and oxygen atoms in total. The van der Waals surface area contributed by atoms with Crippen molar-refractivity contribution in [2.45, 2.75) is 43.4 Å². The Morgan fingerprint density at radius 2 is 1.86 bits per heavy atom. The summed E-state index contributed by atoms with van der Waals surface area (Å²) in [6.45, 7) is 5.85. The lowest BCUT2D eigenvalue weighted by Gasteiger charge is -2.26. The maximum absolute atomic E-state index is 12.9. The predicted octanol–water partition coefficient (Wildman–Crippen LogP) is 2.48. The smallest absolute Gasteiger partial charge is 0.188 e. The van der Waals surface area contributed by atoms with Crippen LogP contribution in [0.4, 0.5) is 0 Å². The summed E-state index contributed by atoms with van der Waals surface area (Å²) in [4.78, 5) is 12.8. The molecule has 0 spiro atoms. The molecular formula is C16H22O4S. The molecule has 0 aliphatic carbocycles. The second-order valence-corrected chi connectivity index (χ2v) is 7.93. The van der Waals surface area contributed by atoms with Gasteiger partial charge in [-0.05, 0) is 25.5 Å². The quantitative estimate of drug-likeness (QED) is 0.838. The molecule has 0 radical (unpaired) electrons. The molecule has 2 rings (SSSR count). The van der Waals surface area contributed by atoms with Gasteiger partial charge < -0.3 is 4.74 Å². The van der Waals surface area contributed by atoms with Gasteiger partial charge in [0.2, 0.25) is 0 Å². The van der Waals surface area contributed by atoms with Gasteiger partial charge >= 0.3 is 0 Å². The summed E-state index contributed by atoms with van der Waals surface area (Å²) >= 11 is 0. The zero-order chi connectivity index (χ0) is 15.6. The number of carbonyl (C=O) groups excluding carboxylic acids is 1. The molecular weight excluding hydrogens is 288 g/mol. The normalized spacial score (nSPS) is 24.2. The van der Waals surface area contributed by atoms with E-state index in [1.54, 1.807) is 44.2 Å². The number of ether oxygens (including phenoxy) is 1. The SMILES string of the molecule is CC(C)C(=O)[C@@H]([C@@H]1CCO[C@H]1C)S(=O)(=O)c1ccccc1. The number of hydrogen-bond donors (Lipinski definition) is 0. The molecule has 1 aliphatic rings. The summed E-state index contributed by atoms with van der Waals surface area (Å²) < 4.78 is 31.4. The van der Waals surface area contributed by atoms with Crippen LogP contribution in [0.25, 0.3) is 0 Å². The Labute approximate surface area is 126 Å². The van der Waals surface area contributed by atoms with Crippen molar-refractivity contribution in [3.05, 3.63) is 30.3 Å². The lowest BCUT2D eigenvalue weighted by Crippen LogP contribution is -2.42. The van der Waals surface area contributed by atoms with E-state index in [0.717, 1.165) is 0 Å². The van der Waals surface area contributed by atoms with Crippen LogP contribution in [0.3, 0.4) is 0 Å². The van der Waals surface area contributed by atoms with Crippen LogP contribution in [-0.4, -0.2) is 32.2 Å². The van der Waals surface area contributed by atoms with E-state index in [2.05, 4.69) is 0 Å². The van der Waals surface area contributed by atoms with E-state index in [4.69, 9.17) is 4.74 Å². The molecule has 116 valence electrons. The molecule has 1 saturated heterocycles. The van der Waals surface area contributed by atoms with E-state index >= 15 is 0 Å². The van der Waals surface area contributed by atoms with Crippen LogP contribution in [0, 0.1) is 11.8 Å². The largest absolute Gasteiger partial charge is 0.378 e. The first kappa shape index (κ1) is 16.2. The van der Waals surface area contributed by atoms with E-state index in [9.17, 15) is 13.2 Å². The fourth-order valence-corrected chi connectivity index (χ4v) is 5.05. The minimum atomic E-state index is -3.69. The van der Waals surface area contributed by atoms with Crippen LogP contribution < -0.4 is 0 Å². The van der Waals surface area contributed by atoms with Crippen LogP contribution in [0.5, 0.6) is 0 Å². The van der Waals surface area contributed by atoms with Crippen molar-refractivity contribution >= 4 is 15.6 Å². The molecule has 21 heavy (non-hydrogen) atoms. The summed E-state index contributed by atoms with van der Waals surface area (Å²) in [6.07, 6.45) is 0.396. The van der Waals surface area contributed by atoms with Crippen molar-refractivity contribution in [3.8, 4) is 0 Å². The highest BCUT2D eigenvalue weighted by atomic mass is 32.2. The van der Waals surface area contributed by atoms with Gasteiger partial charge in [-0.3, -0.25) is 4.79 Å². The van der Waals surface area contributed by atoms with Gasteiger partial charge in [-0.1, -0.05) is 32.0 Å². The number of sulfone groups is 1. The van der Waals surface area contributed by atoms with Crippen LogP contribution in [0.2, 0.25) is 0 Å². The molecule has 1 fully saturated rings. The second-order valence-electron chi connectivity index (χ2n) is 5.86. The third-order valence-electron chi connectivity index (χ3n) is 4.08. The Bertz CT molecular complexity index is 592.